The smallest absolute Gasteiger partial charge is 0.185 e. The Balaban J connectivity index is 1.49. The van der Waals surface area contributed by atoms with Crippen LogP contribution in [0.15, 0.2) is 40.6 Å². The third kappa shape index (κ3) is 4.71. The van der Waals surface area contributed by atoms with E-state index in [1.807, 2.05) is 5.38 Å². The van der Waals surface area contributed by atoms with Gasteiger partial charge in [0.05, 0.1) is 20.9 Å². The fourth-order valence-electron chi connectivity index (χ4n) is 3.63. The predicted octanol–water partition coefficient (Wildman–Crippen LogP) is 6.66. The third-order valence-electron chi connectivity index (χ3n) is 5.32. The highest BCUT2D eigenvalue weighted by molar-refractivity contribution is 7.92. The van der Waals surface area contributed by atoms with Gasteiger partial charge in [0.25, 0.3) is 0 Å². The molecule has 3 aromatic rings. The van der Waals surface area contributed by atoms with E-state index in [1.54, 1.807) is 19.1 Å². The maximum Gasteiger partial charge on any atom is 0.185 e. The van der Waals surface area contributed by atoms with Crippen molar-refractivity contribution >= 4 is 61.1 Å². The minimum atomic E-state index is -3.58. The fourth-order valence-corrected chi connectivity index (χ4v) is 7.31. The Morgan fingerprint density at radius 3 is 2.45 bits per heavy atom. The van der Waals surface area contributed by atoms with Gasteiger partial charge in [-0.2, -0.15) is 0 Å². The molecule has 0 saturated carbocycles. The average Bonchev–Trinajstić information content (AvgIpc) is 3.20. The van der Waals surface area contributed by atoms with Gasteiger partial charge in [0.2, 0.25) is 0 Å². The number of hydrogen-bond acceptors (Lipinski definition) is 5. The van der Waals surface area contributed by atoms with E-state index >= 15 is 0 Å². The number of nitrogens with zero attached hydrogens (tertiary/aromatic N) is 2. The molecule has 31 heavy (non-hydrogen) atoms. The molecule has 10 heteroatoms. The third-order valence-corrected chi connectivity index (χ3v) is 9.57. The average molecular weight is 520 g/mol. The molecule has 0 atom stereocenters. The Morgan fingerprint density at radius 1 is 1.06 bits per heavy atom. The molecule has 1 fully saturated rings. The summed E-state index contributed by atoms with van der Waals surface area (Å²) in [6, 6.07) is 7.33. The van der Waals surface area contributed by atoms with E-state index in [9.17, 15) is 12.8 Å². The van der Waals surface area contributed by atoms with Gasteiger partial charge in [-0.15, -0.1) is 11.3 Å². The first-order valence-electron chi connectivity index (χ1n) is 9.51. The molecule has 1 aromatic heterocycles. The van der Waals surface area contributed by atoms with E-state index in [1.165, 1.54) is 29.5 Å². The summed E-state index contributed by atoms with van der Waals surface area (Å²) in [5.74, 6) is -0.417. The summed E-state index contributed by atoms with van der Waals surface area (Å²) in [6.45, 7) is 2.85. The molecule has 0 N–H and O–H groups in total. The molecule has 4 rings (SSSR count). The SMILES string of the molecule is Cc1cc(S(=O)(=O)C2CCN(c3nc(-c4cc(F)cc(Cl)c4)cs3)CC2)c(Cl)cc1Cl. The lowest BCUT2D eigenvalue weighted by Crippen LogP contribution is -2.39. The van der Waals surface area contributed by atoms with Crippen molar-refractivity contribution in [3.05, 3.63) is 62.2 Å². The van der Waals surface area contributed by atoms with Crippen molar-refractivity contribution in [2.75, 3.05) is 18.0 Å². The lowest BCUT2D eigenvalue weighted by atomic mass is 10.1. The van der Waals surface area contributed by atoms with E-state index in [2.05, 4.69) is 9.88 Å². The Bertz CT molecular complexity index is 1220. The second kappa shape index (κ2) is 8.87. The van der Waals surface area contributed by atoms with Crippen LogP contribution in [0.3, 0.4) is 0 Å². The van der Waals surface area contributed by atoms with Crippen LogP contribution < -0.4 is 4.90 Å². The molecule has 2 aromatic carbocycles. The first-order chi connectivity index (χ1) is 14.6. The number of hydrogen-bond donors (Lipinski definition) is 0. The van der Waals surface area contributed by atoms with Crippen LogP contribution in [0, 0.1) is 12.7 Å². The molecular weight excluding hydrogens is 502 g/mol. The molecule has 1 saturated heterocycles. The summed E-state index contributed by atoms with van der Waals surface area (Å²) >= 11 is 19.6. The van der Waals surface area contributed by atoms with Gasteiger partial charge in [-0.25, -0.2) is 17.8 Å². The topological polar surface area (TPSA) is 50.3 Å². The largest absolute Gasteiger partial charge is 0.348 e. The van der Waals surface area contributed by atoms with Crippen molar-refractivity contribution in [1.82, 2.24) is 4.98 Å². The van der Waals surface area contributed by atoms with E-state index in [-0.39, 0.29) is 9.92 Å². The number of halogens is 4. The molecule has 0 unspecified atom stereocenters. The standard InChI is InChI=1S/C21H18Cl3FN2O2S2/c1-12-6-20(18(24)10-17(12)23)31(28,29)16-2-4-27(5-3-16)21-26-19(11-30-21)13-7-14(22)9-15(25)8-13/h6-11,16H,2-5H2,1H3. The zero-order valence-electron chi connectivity index (χ0n) is 16.4. The summed E-state index contributed by atoms with van der Waals surface area (Å²) in [7, 11) is -3.58. The van der Waals surface area contributed by atoms with Crippen LogP contribution in [0.2, 0.25) is 15.1 Å². The van der Waals surface area contributed by atoms with Crippen molar-refractivity contribution in [1.29, 1.82) is 0 Å². The number of aromatic nitrogens is 1. The van der Waals surface area contributed by atoms with Crippen LogP contribution in [0.1, 0.15) is 18.4 Å². The van der Waals surface area contributed by atoms with Gasteiger partial charge in [-0.05, 0) is 55.7 Å². The summed E-state index contributed by atoms with van der Waals surface area (Å²) in [6.07, 6.45) is 0.919. The lowest BCUT2D eigenvalue weighted by Gasteiger charge is -2.31. The van der Waals surface area contributed by atoms with Crippen LogP contribution >= 0.6 is 46.1 Å². The molecule has 0 bridgehead atoms. The van der Waals surface area contributed by atoms with Gasteiger partial charge in [-0.1, -0.05) is 34.8 Å². The Labute approximate surface area is 199 Å². The molecule has 4 nitrogen and oxygen atoms in total. The predicted molar refractivity (Wildman–Crippen MR) is 126 cm³/mol. The van der Waals surface area contributed by atoms with Crippen LogP contribution in [0.5, 0.6) is 0 Å². The molecule has 1 aliphatic rings. The minimum Gasteiger partial charge on any atom is -0.348 e. The highest BCUT2D eigenvalue weighted by atomic mass is 35.5. The van der Waals surface area contributed by atoms with Gasteiger partial charge in [0, 0.05) is 34.1 Å². The van der Waals surface area contributed by atoms with Gasteiger partial charge in [-0.3, -0.25) is 0 Å². The fraction of sp³-hybridized carbons (Fsp3) is 0.286. The summed E-state index contributed by atoms with van der Waals surface area (Å²) < 4.78 is 40.0. The van der Waals surface area contributed by atoms with E-state index in [4.69, 9.17) is 34.8 Å². The van der Waals surface area contributed by atoms with Crippen molar-refractivity contribution in [3.63, 3.8) is 0 Å². The second-order valence-corrected chi connectivity index (χ2v) is 11.7. The number of thiazole rings is 1. The number of benzene rings is 2. The Kier molecular flexibility index (Phi) is 6.52. The molecule has 1 aliphatic heterocycles. The number of piperidine rings is 1. The summed E-state index contributed by atoms with van der Waals surface area (Å²) in [4.78, 5) is 6.79. The Hall–Kier alpha value is -1.38. The first-order valence-corrected chi connectivity index (χ1v) is 13.1. The second-order valence-electron chi connectivity index (χ2n) is 7.44. The van der Waals surface area contributed by atoms with Gasteiger partial charge in [0.15, 0.2) is 15.0 Å². The van der Waals surface area contributed by atoms with Crippen LogP contribution in [-0.2, 0) is 9.84 Å². The quantitative estimate of drug-likeness (QED) is 0.387. The number of rotatable bonds is 4. The summed E-state index contributed by atoms with van der Waals surface area (Å²) in [5, 5.41) is 3.00. The maximum atomic E-state index is 13.7. The van der Waals surface area contributed by atoms with Gasteiger partial charge < -0.3 is 4.90 Å². The first kappa shape index (κ1) is 22.8. The highest BCUT2D eigenvalue weighted by Crippen LogP contribution is 2.35. The van der Waals surface area contributed by atoms with Crippen LogP contribution in [0.25, 0.3) is 11.3 Å². The van der Waals surface area contributed by atoms with Crippen LogP contribution in [-0.4, -0.2) is 31.7 Å². The van der Waals surface area contributed by atoms with E-state index in [0.717, 1.165) is 5.13 Å². The highest BCUT2D eigenvalue weighted by Gasteiger charge is 2.33. The monoisotopic (exact) mass is 518 g/mol. The lowest BCUT2D eigenvalue weighted by molar-refractivity contribution is 0.529. The zero-order chi connectivity index (χ0) is 22.3. The Morgan fingerprint density at radius 2 is 1.77 bits per heavy atom. The normalized spacial score (nSPS) is 15.5. The molecular formula is C21H18Cl3FN2O2S2. The molecule has 0 spiro atoms. The van der Waals surface area contributed by atoms with Crippen molar-refractivity contribution in [3.8, 4) is 11.3 Å². The maximum absolute atomic E-state index is 13.7. The van der Waals surface area contributed by atoms with Crippen molar-refractivity contribution in [2.45, 2.75) is 29.9 Å². The number of anilines is 1. The molecule has 0 aliphatic carbocycles. The molecule has 0 amide bonds. The van der Waals surface area contributed by atoms with E-state index in [0.29, 0.717) is 52.8 Å². The number of sulfone groups is 1. The summed E-state index contributed by atoms with van der Waals surface area (Å²) in [5.41, 5.74) is 1.92. The zero-order valence-corrected chi connectivity index (χ0v) is 20.3. The molecule has 2 heterocycles. The van der Waals surface area contributed by atoms with Crippen LogP contribution in [0.4, 0.5) is 9.52 Å². The minimum absolute atomic E-state index is 0.133. The molecule has 0 radical (unpaired) electrons. The van der Waals surface area contributed by atoms with E-state index < -0.39 is 20.9 Å². The molecule has 164 valence electrons. The van der Waals surface area contributed by atoms with Crippen molar-refractivity contribution < 1.29 is 12.8 Å². The van der Waals surface area contributed by atoms with Gasteiger partial charge >= 0.3 is 0 Å². The number of aryl methyl sites for hydroxylation is 1. The van der Waals surface area contributed by atoms with Gasteiger partial charge in [0.1, 0.15) is 5.82 Å². The van der Waals surface area contributed by atoms with Crippen molar-refractivity contribution in [2.24, 2.45) is 0 Å².